The molecule has 0 fully saturated rings. The molecule has 0 aliphatic carbocycles. The van der Waals surface area contributed by atoms with Gasteiger partial charge >= 0.3 is 5.97 Å². The highest BCUT2D eigenvalue weighted by molar-refractivity contribution is 7.92. The molecule has 0 aliphatic heterocycles. The molecular formula is C15H20N2O6S. The lowest BCUT2D eigenvalue weighted by Crippen LogP contribution is -2.30. The third-order valence-electron chi connectivity index (χ3n) is 2.91. The topological polar surface area (TPSA) is 130 Å². The number of anilines is 1. The molecule has 3 N–H and O–H groups in total. The average Bonchev–Trinajstić information content (AvgIpc) is 2.46. The van der Waals surface area contributed by atoms with Crippen molar-refractivity contribution in [2.75, 3.05) is 23.4 Å². The molecule has 1 aromatic carbocycles. The predicted octanol–water partition coefficient (Wildman–Crippen LogP) is 0.193. The highest BCUT2D eigenvalue weighted by atomic mass is 32.2. The van der Waals surface area contributed by atoms with Gasteiger partial charge in [-0.25, -0.2) is 8.42 Å². The number of hydrogen-bond acceptors (Lipinski definition) is 5. The minimum absolute atomic E-state index is 0.00634. The molecule has 0 aromatic heterocycles. The van der Waals surface area contributed by atoms with Gasteiger partial charge in [0, 0.05) is 5.69 Å². The molecule has 8 nitrogen and oxygen atoms in total. The Balaban J connectivity index is 2.54. The minimum Gasteiger partial charge on any atom is -0.480 e. The molecule has 0 heterocycles. The van der Waals surface area contributed by atoms with Gasteiger partial charge in [-0.3, -0.25) is 14.4 Å². The summed E-state index contributed by atoms with van der Waals surface area (Å²) in [6.45, 7) is 1.28. The summed E-state index contributed by atoms with van der Waals surface area (Å²) in [6, 6.07) is 6.28. The van der Waals surface area contributed by atoms with E-state index in [0.29, 0.717) is 17.7 Å². The van der Waals surface area contributed by atoms with Crippen molar-refractivity contribution < 1.29 is 27.9 Å². The van der Waals surface area contributed by atoms with Crippen LogP contribution < -0.4 is 10.6 Å². The van der Waals surface area contributed by atoms with E-state index >= 15 is 0 Å². The number of benzene rings is 1. The lowest BCUT2D eigenvalue weighted by atomic mass is 10.1. The van der Waals surface area contributed by atoms with Gasteiger partial charge in [0.2, 0.25) is 11.8 Å². The number of nitrogens with one attached hydrogen (secondary N) is 2. The van der Waals surface area contributed by atoms with Crippen molar-refractivity contribution in [3.63, 3.8) is 0 Å². The lowest BCUT2D eigenvalue weighted by molar-refractivity contribution is -0.137. The number of carbonyl (C=O) groups excluding carboxylic acids is 2. The summed E-state index contributed by atoms with van der Waals surface area (Å²) in [6.07, 6.45) is 0.459. The fourth-order valence-corrected chi connectivity index (χ4v) is 3.15. The van der Waals surface area contributed by atoms with Gasteiger partial charge in [-0.15, -0.1) is 0 Å². The summed E-state index contributed by atoms with van der Waals surface area (Å²) in [5.74, 6) is -2.78. The first-order valence-corrected chi connectivity index (χ1v) is 9.11. The summed E-state index contributed by atoms with van der Waals surface area (Å²) >= 11 is 0. The van der Waals surface area contributed by atoms with Gasteiger partial charge in [0.25, 0.3) is 0 Å². The minimum atomic E-state index is -3.40. The average molecular weight is 356 g/mol. The highest BCUT2D eigenvalue weighted by Gasteiger charge is 2.15. The lowest BCUT2D eigenvalue weighted by Gasteiger charge is -2.07. The molecule has 0 bridgehead atoms. The number of carbonyl (C=O) groups is 3. The quantitative estimate of drug-likeness (QED) is 0.579. The zero-order chi connectivity index (χ0) is 18.2. The number of rotatable bonds is 9. The number of carboxylic acids is 1. The Bertz CT molecular complexity index is 697. The molecule has 0 saturated carbocycles. The number of amides is 2. The van der Waals surface area contributed by atoms with Crippen LogP contribution in [0.2, 0.25) is 0 Å². The maximum absolute atomic E-state index is 11.7. The Hall–Kier alpha value is -2.42. The Kier molecular flexibility index (Phi) is 7.37. The molecule has 1 aromatic rings. The van der Waals surface area contributed by atoms with Crippen molar-refractivity contribution in [3.8, 4) is 0 Å². The van der Waals surface area contributed by atoms with Crippen molar-refractivity contribution in [1.29, 1.82) is 0 Å². The normalized spacial score (nSPS) is 10.9. The van der Waals surface area contributed by atoms with Crippen LogP contribution in [0.4, 0.5) is 5.69 Å². The van der Waals surface area contributed by atoms with Gasteiger partial charge in [-0.2, -0.15) is 0 Å². The Morgan fingerprint density at radius 1 is 1.08 bits per heavy atom. The molecule has 9 heteroatoms. The molecule has 1 rings (SSSR count). The Morgan fingerprint density at radius 2 is 1.71 bits per heavy atom. The van der Waals surface area contributed by atoms with Crippen LogP contribution in [0.15, 0.2) is 24.3 Å². The van der Waals surface area contributed by atoms with Crippen LogP contribution in [0.5, 0.6) is 0 Å². The fourth-order valence-electron chi connectivity index (χ4n) is 1.91. The Morgan fingerprint density at radius 3 is 2.25 bits per heavy atom. The molecule has 0 atom stereocenters. The molecule has 0 aliphatic rings. The molecule has 2 amide bonds. The monoisotopic (exact) mass is 356 g/mol. The third kappa shape index (κ3) is 7.73. The van der Waals surface area contributed by atoms with Crippen molar-refractivity contribution in [1.82, 2.24) is 5.32 Å². The SMILES string of the molecule is CCCS(=O)(=O)CC(=O)Nc1ccc(CC(=O)NCC(=O)O)cc1. The van der Waals surface area contributed by atoms with Gasteiger partial charge in [-0.05, 0) is 24.1 Å². The van der Waals surface area contributed by atoms with E-state index in [-0.39, 0.29) is 12.2 Å². The van der Waals surface area contributed by atoms with Gasteiger partial charge < -0.3 is 15.7 Å². The molecular weight excluding hydrogens is 336 g/mol. The first-order valence-electron chi connectivity index (χ1n) is 7.29. The van der Waals surface area contributed by atoms with E-state index in [1.54, 1.807) is 31.2 Å². The number of hydrogen-bond donors (Lipinski definition) is 3. The summed E-state index contributed by atoms with van der Waals surface area (Å²) < 4.78 is 23.1. The number of aliphatic carboxylic acids is 1. The summed E-state index contributed by atoms with van der Waals surface area (Å²) in [5.41, 5.74) is 1.05. The van der Waals surface area contributed by atoms with E-state index in [0.717, 1.165) is 0 Å². The summed E-state index contributed by atoms with van der Waals surface area (Å²) in [7, 11) is -3.40. The third-order valence-corrected chi connectivity index (χ3v) is 4.64. The fraction of sp³-hybridized carbons (Fsp3) is 0.400. The van der Waals surface area contributed by atoms with E-state index in [4.69, 9.17) is 5.11 Å². The Labute approximate surface area is 140 Å². The van der Waals surface area contributed by atoms with Crippen LogP contribution in [-0.4, -0.2) is 49.4 Å². The van der Waals surface area contributed by atoms with E-state index in [9.17, 15) is 22.8 Å². The molecule has 24 heavy (non-hydrogen) atoms. The molecule has 0 spiro atoms. The maximum atomic E-state index is 11.7. The van der Waals surface area contributed by atoms with E-state index in [1.807, 2.05) is 0 Å². The first kappa shape index (κ1) is 19.6. The predicted molar refractivity (Wildman–Crippen MR) is 88.4 cm³/mol. The largest absolute Gasteiger partial charge is 0.480 e. The second kappa shape index (κ2) is 9.02. The van der Waals surface area contributed by atoms with E-state index in [2.05, 4.69) is 10.6 Å². The molecule has 0 saturated heterocycles. The van der Waals surface area contributed by atoms with Gasteiger partial charge in [-0.1, -0.05) is 19.1 Å². The van der Waals surface area contributed by atoms with E-state index < -0.39 is 39.9 Å². The summed E-state index contributed by atoms with van der Waals surface area (Å²) in [4.78, 5) is 33.5. The second-order valence-corrected chi connectivity index (χ2v) is 7.37. The second-order valence-electron chi connectivity index (χ2n) is 5.18. The first-order chi connectivity index (χ1) is 11.2. The van der Waals surface area contributed by atoms with Crippen LogP contribution in [0.3, 0.4) is 0 Å². The van der Waals surface area contributed by atoms with Gasteiger partial charge in [0.05, 0.1) is 12.2 Å². The van der Waals surface area contributed by atoms with Crippen LogP contribution in [0.1, 0.15) is 18.9 Å². The zero-order valence-corrected chi connectivity index (χ0v) is 14.1. The standard InChI is InChI=1S/C15H20N2O6S/c1-2-7-24(22,23)10-14(19)17-12-5-3-11(4-6-12)8-13(18)16-9-15(20)21/h3-6H,2,7-10H2,1H3,(H,16,18)(H,17,19)(H,20,21). The molecule has 0 unspecified atom stereocenters. The van der Waals surface area contributed by atoms with Crippen LogP contribution >= 0.6 is 0 Å². The smallest absolute Gasteiger partial charge is 0.322 e. The van der Waals surface area contributed by atoms with Gasteiger partial charge in [0.1, 0.15) is 12.3 Å². The van der Waals surface area contributed by atoms with Crippen molar-refractivity contribution in [2.45, 2.75) is 19.8 Å². The van der Waals surface area contributed by atoms with Crippen LogP contribution in [0.25, 0.3) is 0 Å². The van der Waals surface area contributed by atoms with Crippen molar-refractivity contribution in [3.05, 3.63) is 29.8 Å². The number of carboxylic acid groups (broad SMARTS) is 1. The van der Waals surface area contributed by atoms with Crippen molar-refractivity contribution >= 4 is 33.3 Å². The zero-order valence-electron chi connectivity index (χ0n) is 13.2. The number of sulfone groups is 1. The van der Waals surface area contributed by atoms with Crippen molar-refractivity contribution in [2.24, 2.45) is 0 Å². The van der Waals surface area contributed by atoms with Crippen LogP contribution in [-0.2, 0) is 30.6 Å². The van der Waals surface area contributed by atoms with E-state index in [1.165, 1.54) is 0 Å². The maximum Gasteiger partial charge on any atom is 0.322 e. The molecule has 132 valence electrons. The molecule has 0 radical (unpaired) electrons. The summed E-state index contributed by atoms with van der Waals surface area (Å²) in [5, 5.41) is 13.2. The van der Waals surface area contributed by atoms with Gasteiger partial charge in [0.15, 0.2) is 9.84 Å². The highest BCUT2D eigenvalue weighted by Crippen LogP contribution is 2.10. The van der Waals surface area contributed by atoms with Crippen LogP contribution in [0, 0.1) is 0 Å².